The molecule has 1 aromatic carbocycles. The number of nitrogens with zero attached hydrogens (tertiary/aromatic N) is 5. The van der Waals surface area contributed by atoms with Crippen LogP contribution >= 0.6 is 0 Å². The van der Waals surface area contributed by atoms with Crippen LogP contribution in [0.4, 0.5) is 15.9 Å². The van der Waals surface area contributed by atoms with Crippen molar-refractivity contribution in [2.45, 2.75) is 38.1 Å². The Morgan fingerprint density at radius 2 is 2.03 bits per heavy atom. The first-order valence-electron chi connectivity index (χ1n) is 11.4. The fourth-order valence-electron chi connectivity index (χ4n) is 4.61. The third kappa shape index (κ3) is 5.01. The fraction of sp³-hybridized carbons (Fsp3) is 0.542. The van der Waals surface area contributed by atoms with Crippen molar-refractivity contribution in [2.24, 2.45) is 0 Å². The number of hydrogen-bond acceptors (Lipinski definition) is 6. The van der Waals surface area contributed by atoms with Crippen LogP contribution < -0.4 is 10.2 Å². The number of amides is 1. The second kappa shape index (κ2) is 9.81. The molecule has 0 atom stereocenters. The number of likely N-dealkylation sites (tertiary alicyclic amines) is 1. The molecule has 2 aliphatic rings. The Morgan fingerprint density at radius 1 is 1.25 bits per heavy atom. The van der Waals surface area contributed by atoms with Gasteiger partial charge in [0.25, 0.3) is 0 Å². The zero-order chi connectivity index (χ0) is 22.7. The first-order chi connectivity index (χ1) is 15.4. The maximum Gasteiger partial charge on any atom is 0.224 e. The van der Waals surface area contributed by atoms with Gasteiger partial charge in [-0.25, -0.2) is 14.4 Å². The number of carbonyl (C=O) groups excluding carboxylic acids is 1. The molecule has 32 heavy (non-hydrogen) atoms. The van der Waals surface area contributed by atoms with Crippen molar-refractivity contribution >= 4 is 17.4 Å². The number of hydrogen-bond donors (Lipinski definition) is 1. The van der Waals surface area contributed by atoms with Crippen molar-refractivity contribution in [3.05, 3.63) is 47.2 Å². The zero-order valence-corrected chi connectivity index (χ0v) is 19.3. The molecule has 8 heteroatoms. The third-order valence-corrected chi connectivity index (χ3v) is 6.63. The second-order valence-electron chi connectivity index (χ2n) is 8.90. The molecule has 1 amide bonds. The van der Waals surface area contributed by atoms with E-state index in [9.17, 15) is 9.18 Å². The van der Waals surface area contributed by atoms with E-state index >= 15 is 0 Å². The standard InChI is InChI=1S/C24H33FN6O/c1-26-24-20-16-29(2)11-9-21(20)27-23(28-24)17-7-13-31(14-8-17)22(32)10-12-30(3)19-6-4-5-18(25)15-19/h4-6,15,17H,7-14,16H2,1-3H3,(H,26,27,28). The predicted molar refractivity (Wildman–Crippen MR) is 124 cm³/mol. The molecule has 2 aliphatic heterocycles. The molecule has 3 heterocycles. The highest BCUT2D eigenvalue weighted by Gasteiger charge is 2.28. The van der Waals surface area contributed by atoms with Gasteiger partial charge in [-0.2, -0.15) is 0 Å². The van der Waals surface area contributed by atoms with Gasteiger partial charge >= 0.3 is 0 Å². The van der Waals surface area contributed by atoms with Gasteiger partial charge in [-0.15, -0.1) is 0 Å². The summed E-state index contributed by atoms with van der Waals surface area (Å²) in [6.45, 7) is 3.92. The molecule has 0 radical (unpaired) electrons. The van der Waals surface area contributed by atoms with Gasteiger partial charge in [0.2, 0.25) is 5.91 Å². The van der Waals surface area contributed by atoms with Gasteiger partial charge in [-0.05, 0) is 38.1 Å². The zero-order valence-electron chi connectivity index (χ0n) is 19.3. The van der Waals surface area contributed by atoms with E-state index in [2.05, 4.69) is 17.3 Å². The summed E-state index contributed by atoms with van der Waals surface area (Å²) < 4.78 is 13.4. The van der Waals surface area contributed by atoms with Crippen molar-refractivity contribution in [2.75, 3.05) is 57.5 Å². The van der Waals surface area contributed by atoms with Crippen LogP contribution in [0.1, 0.15) is 42.3 Å². The van der Waals surface area contributed by atoms with Crippen LogP contribution in [0, 0.1) is 5.82 Å². The van der Waals surface area contributed by atoms with E-state index in [-0.39, 0.29) is 17.6 Å². The summed E-state index contributed by atoms with van der Waals surface area (Å²) in [4.78, 5) is 28.7. The number of halogens is 1. The van der Waals surface area contributed by atoms with Crippen LogP contribution in [0.2, 0.25) is 0 Å². The van der Waals surface area contributed by atoms with Crippen molar-refractivity contribution in [1.82, 2.24) is 19.8 Å². The predicted octanol–water partition coefficient (Wildman–Crippen LogP) is 2.88. The number of rotatable bonds is 6. The summed E-state index contributed by atoms with van der Waals surface area (Å²) >= 11 is 0. The molecule has 0 saturated carbocycles. The topological polar surface area (TPSA) is 64.6 Å². The molecule has 7 nitrogen and oxygen atoms in total. The Bertz CT molecular complexity index is 942. The number of anilines is 2. The van der Waals surface area contributed by atoms with E-state index in [4.69, 9.17) is 9.97 Å². The van der Waals surface area contributed by atoms with Crippen LogP contribution in [0.3, 0.4) is 0 Å². The molecule has 1 aromatic heterocycles. The monoisotopic (exact) mass is 440 g/mol. The molecule has 172 valence electrons. The highest BCUT2D eigenvalue weighted by molar-refractivity contribution is 5.77. The molecule has 2 aromatic rings. The van der Waals surface area contributed by atoms with Gasteiger partial charge in [-0.3, -0.25) is 4.79 Å². The minimum Gasteiger partial charge on any atom is -0.374 e. The van der Waals surface area contributed by atoms with Crippen LogP contribution in [0.5, 0.6) is 0 Å². The number of benzene rings is 1. The number of likely N-dealkylation sites (N-methyl/N-ethyl adjacent to an activating group) is 1. The molecule has 1 fully saturated rings. The molecule has 4 rings (SSSR count). The molecule has 0 aliphatic carbocycles. The summed E-state index contributed by atoms with van der Waals surface area (Å²) in [7, 11) is 5.93. The molecule has 1 N–H and O–H groups in total. The molecular formula is C24H33FN6O. The Balaban J connectivity index is 1.32. The second-order valence-corrected chi connectivity index (χ2v) is 8.90. The number of fused-ring (bicyclic) bond motifs is 1. The van der Waals surface area contributed by atoms with E-state index in [0.717, 1.165) is 68.5 Å². The van der Waals surface area contributed by atoms with Crippen LogP contribution in [-0.4, -0.2) is 73.0 Å². The average Bonchev–Trinajstić information content (AvgIpc) is 2.81. The van der Waals surface area contributed by atoms with Gasteiger partial charge in [0.05, 0.1) is 5.69 Å². The first kappa shape index (κ1) is 22.5. The molecule has 0 unspecified atom stereocenters. The smallest absolute Gasteiger partial charge is 0.224 e. The van der Waals surface area contributed by atoms with Crippen LogP contribution in [-0.2, 0) is 17.8 Å². The SMILES string of the molecule is CNc1nc(C2CCN(C(=O)CCN(C)c3cccc(F)c3)CC2)nc2c1CN(C)CC2. The van der Waals surface area contributed by atoms with E-state index < -0.39 is 0 Å². The number of nitrogens with one attached hydrogen (secondary N) is 1. The van der Waals surface area contributed by atoms with Crippen LogP contribution in [0.15, 0.2) is 24.3 Å². The van der Waals surface area contributed by atoms with E-state index in [1.807, 2.05) is 30.0 Å². The lowest BCUT2D eigenvalue weighted by Gasteiger charge is -2.33. The van der Waals surface area contributed by atoms with Crippen molar-refractivity contribution < 1.29 is 9.18 Å². The Kier molecular flexibility index (Phi) is 6.89. The Morgan fingerprint density at radius 3 is 2.75 bits per heavy atom. The average molecular weight is 441 g/mol. The van der Waals surface area contributed by atoms with Crippen molar-refractivity contribution in [1.29, 1.82) is 0 Å². The molecule has 0 spiro atoms. The lowest BCUT2D eigenvalue weighted by molar-refractivity contribution is -0.132. The van der Waals surface area contributed by atoms with Gasteiger partial charge in [0.15, 0.2) is 0 Å². The number of piperidine rings is 1. The minimum atomic E-state index is -0.263. The van der Waals surface area contributed by atoms with E-state index in [1.165, 1.54) is 17.7 Å². The minimum absolute atomic E-state index is 0.150. The summed E-state index contributed by atoms with van der Waals surface area (Å²) in [5.74, 6) is 2.02. The Labute approximate surface area is 189 Å². The molecule has 0 bridgehead atoms. The largest absolute Gasteiger partial charge is 0.374 e. The maximum atomic E-state index is 13.4. The quantitative estimate of drug-likeness (QED) is 0.745. The third-order valence-electron chi connectivity index (χ3n) is 6.63. The lowest BCUT2D eigenvalue weighted by Crippen LogP contribution is -2.39. The highest BCUT2D eigenvalue weighted by Crippen LogP contribution is 2.30. The van der Waals surface area contributed by atoms with Gasteiger partial charge < -0.3 is 20.0 Å². The number of aromatic nitrogens is 2. The van der Waals surface area contributed by atoms with E-state index in [0.29, 0.717) is 13.0 Å². The molecular weight excluding hydrogens is 407 g/mol. The normalized spacial score (nSPS) is 17.2. The van der Waals surface area contributed by atoms with Gasteiger partial charge in [-0.1, -0.05) is 6.07 Å². The summed E-state index contributed by atoms with van der Waals surface area (Å²) in [5.41, 5.74) is 3.16. The van der Waals surface area contributed by atoms with Crippen molar-refractivity contribution in [3.63, 3.8) is 0 Å². The number of carbonyl (C=O) groups is 1. The Hall–Kier alpha value is -2.74. The summed E-state index contributed by atoms with van der Waals surface area (Å²) in [6.07, 6.45) is 3.14. The first-order valence-corrected chi connectivity index (χ1v) is 11.4. The van der Waals surface area contributed by atoms with Crippen LogP contribution in [0.25, 0.3) is 0 Å². The van der Waals surface area contributed by atoms with Gasteiger partial charge in [0, 0.05) is 76.8 Å². The lowest BCUT2D eigenvalue weighted by atomic mass is 9.95. The van der Waals surface area contributed by atoms with Gasteiger partial charge in [0.1, 0.15) is 17.5 Å². The molecule has 1 saturated heterocycles. The summed E-state index contributed by atoms with van der Waals surface area (Å²) in [6, 6.07) is 6.46. The van der Waals surface area contributed by atoms with Crippen molar-refractivity contribution in [3.8, 4) is 0 Å². The summed E-state index contributed by atoms with van der Waals surface area (Å²) in [5, 5.41) is 3.26. The maximum absolute atomic E-state index is 13.4. The van der Waals surface area contributed by atoms with E-state index in [1.54, 1.807) is 6.07 Å². The fourth-order valence-corrected chi connectivity index (χ4v) is 4.61. The highest BCUT2D eigenvalue weighted by atomic mass is 19.1.